The van der Waals surface area contributed by atoms with E-state index < -0.39 is 5.97 Å². The van der Waals surface area contributed by atoms with E-state index in [0.29, 0.717) is 24.0 Å². The van der Waals surface area contributed by atoms with E-state index in [9.17, 15) is 9.59 Å². The Morgan fingerprint density at radius 2 is 1.65 bits per heavy atom. The first kappa shape index (κ1) is 21.8. The molecule has 1 aromatic carbocycles. The Morgan fingerprint density at radius 3 is 2.27 bits per heavy atom. The van der Waals surface area contributed by atoms with Gasteiger partial charge >= 0.3 is 5.97 Å². The number of carbonyl (C=O) groups excluding carboxylic acids is 2. The predicted octanol–water partition coefficient (Wildman–Crippen LogP) is 3.34. The van der Waals surface area contributed by atoms with E-state index in [1.165, 1.54) is 0 Å². The van der Waals surface area contributed by atoms with Crippen LogP contribution < -0.4 is 14.8 Å². The van der Waals surface area contributed by atoms with Crippen LogP contribution in [-0.2, 0) is 14.3 Å². The highest BCUT2D eigenvalue weighted by Gasteiger charge is 2.12. The summed E-state index contributed by atoms with van der Waals surface area (Å²) < 4.78 is 15.8. The van der Waals surface area contributed by atoms with Crippen LogP contribution in [-0.4, -0.2) is 37.7 Å². The van der Waals surface area contributed by atoms with Gasteiger partial charge in [-0.25, -0.2) is 4.79 Å². The smallest absolute Gasteiger partial charge is 0.344 e. The predicted molar refractivity (Wildman–Crippen MR) is 100 cm³/mol. The Bertz CT molecular complexity index is 559. The quantitative estimate of drug-likeness (QED) is 0.575. The number of rotatable bonds is 12. The zero-order valence-electron chi connectivity index (χ0n) is 16.2. The molecule has 0 bridgehead atoms. The van der Waals surface area contributed by atoms with Crippen molar-refractivity contribution >= 4 is 11.9 Å². The molecule has 6 nitrogen and oxygen atoms in total. The molecular weight excluding hydrogens is 334 g/mol. The van der Waals surface area contributed by atoms with Gasteiger partial charge in [0.05, 0.1) is 6.61 Å². The molecule has 0 aliphatic carbocycles. The highest BCUT2D eigenvalue weighted by Crippen LogP contribution is 2.26. The molecule has 0 radical (unpaired) electrons. The molecule has 1 atom stereocenters. The van der Waals surface area contributed by atoms with E-state index in [1.54, 1.807) is 18.2 Å². The summed E-state index contributed by atoms with van der Waals surface area (Å²) in [5.74, 6) is 0.793. The normalized spacial score (nSPS) is 11.7. The molecule has 6 heteroatoms. The van der Waals surface area contributed by atoms with Crippen molar-refractivity contribution in [2.45, 2.75) is 53.0 Å². The number of benzene rings is 1. The molecule has 0 heterocycles. The molecule has 0 saturated heterocycles. The first-order chi connectivity index (χ1) is 12.4. The van der Waals surface area contributed by atoms with Gasteiger partial charge in [-0.1, -0.05) is 38.8 Å². The molecule has 1 amide bonds. The second kappa shape index (κ2) is 12.2. The maximum absolute atomic E-state index is 11.8. The zero-order chi connectivity index (χ0) is 19.4. The molecule has 0 fully saturated rings. The van der Waals surface area contributed by atoms with E-state index >= 15 is 0 Å². The van der Waals surface area contributed by atoms with Crippen LogP contribution in [0.25, 0.3) is 0 Å². The molecule has 0 spiro atoms. The summed E-state index contributed by atoms with van der Waals surface area (Å²) in [6.45, 7) is 8.10. The minimum absolute atomic E-state index is 0.0641. The van der Waals surface area contributed by atoms with Crippen LogP contribution in [0, 0.1) is 5.92 Å². The van der Waals surface area contributed by atoms with Gasteiger partial charge in [0.15, 0.2) is 24.7 Å². The summed E-state index contributed by atoms with van der Waals surface area (Å²) in [7, 11) is 0. The highest BCUT2D eigenvalue weighted by atomic mass is 16.6. The number of hydrogen-bond acceptors (Lipinski definition) is 5. The molecule has 26 heavy (non-hydrogen) atoms. The van der Waals surface area contributed by atoms with Gasteiger partial charge in [0.2, 0.25) is 0 Å². The second-order valence-corrected chi connectivity index (χ2v) is 6.62. The fraction of sp³-hybridized carbons (Fsp3) is 0.600. The summed E-state index contributed by atoms with van der Waals surface area (Å²) in [5, 5.41) is 2.83. The van der Waals surface area contributed by atoms with Crippen LogP contribution in [0.5, 0.6) is 11.5 Å². The average Bonchev–Trinajstić information content (AvgIpc) is 2.59. The maximum atomic E-state index is 11.8. The van der Waals surface area contributed by atoms with Crippen molar-refractivity contribution < 1.29 is 23.8 Å². The third-order valence-corrected chi connectivity index (χ3v) is 3.68. The zero-order valence-corrected chi connectivity index (χ0v) is 16.2. The third kappa shape index (κ3) is 9.30. The van der Waals surface area contributed by atoms with Crippen LogP contribution in [0.3, 0.4) is 0 Å². The molecule has 1 rings (SSSR count). The van der Waals surface area contributed by atoms with E-state index in [-0.39, 0.29) is 25.2 Å². The van der Waals surface area contributed by atoms with Crippen LogP contribution in [0.4, 0.5) is 0 Å². The van der Waals surface area contributed by atoms with Crippen molar-refractivity contribution in [3.63, 3.8) is 0 Å². The maximum Gasteiger partial charge on any atom is 0.344 e. The van der Waals surface area contributed by atoms with Gasteiger partial charge in [0.1, 0.15) is 0 Å². The average molecular weight is 365 g/mol. The Labute approximate surface area is 156 Å². The summed E-state index contributed by atoms with van der Waals surface area (Å²) in [6, 6.07) is 7.15. The van der Waals surface area contributed by atoms with Gasteiger partial charge in [-0.2, -0.15) is 0 Å². The van der Waals surface area contributed by atoms with Gasteiger partial charge in [0, 0.05) is 6.04 Å². The lowest BCUT2D eigenvalue weighted by Crippen LogP contribution is -2.36. The fourth-order valence-corrected chi connectivity index (χ4v) is 2.39. The van der Waals surface area contributed by atoms with Crippen molar-refractivity contribution in [2.24, 2.45) is 5.92 Å². The molecule has 0 saturated carbocycles. The van der Waals surface area contributed by atoms with E-state index in [0.717, 1.165) is 19.3 Å². The van der Waals surface area contributed by atoms with Crippen LogP contribution in [0.1, 0.15) is 47.0 Å². The lowest BCUT2D eigenvalue weighted by Gasteiger charge is -2.15. The first-order valence-corrected chi connectivity index (χ1v) is 9.22. The topological polar surface area (TPSA) is 73.9 Å². The molecule has 1 unspecified atom stereocenters. The summed E-state index contributed by atoms with van der Waals surface area (Å²) in [5.41, 5.74) is 0. The fourth-order valence-electron chi connectivity index (χ4n) is 2.39. The Hall–Kier alpha value is -2.24. The molecule has 0 aliphatic heterocycles. The molecule has 0 aromatic heterocycles. The minimum Gasteiger partial charge on any atom is -0.490 e. The number of ether oxygens (including phenoxy) is 3. The van der Waals surface area contributed by atoms with E-state index in [1.807, 2.05) is 19.9 Å². The molecule has 0 aliphatic rings. The van der Waals surface area contributed by atoms with Crippen LogP contribution in [0.2, 0.25) is 0 Å². The largest absolute Gasteiger partial charge is 0.490 e. The van der Waals surface area contributed by atoms with Gasteiger partial charge in [-0.15, -0.1) is 0 Å². The molecule has 146 valence electrons. The van der Waals surface area contributed by atoms with Crippen molar-refractivity contribution in [3.05, 3.63) is 24.3 Å². The highest BCUT2D eigenvalue weighted by molar-refractivity contribution is 5.81. The van der Waals surface area contributed by atoms with Crippen molar-refractivity contribution in [3.8, 4) is 11.5 Å². The Morgan fingerprint density at radius 1 is 1.00 bits per heavy atom. The first-order valence-electron chi connectivity index (χ1n) is 9.22. The number of nitrogens with one attached hydrogen (secondary N) is 1. The monoisotopic (exact) mass is 365 g/mol. The molecule has 1 aromatic rings. The van der Waals surface area contributed by atoms with Gasteiger partial charge < -0.3 is 19.5 Å². The number of hydrogen-bond donors (Lipinski definition) is 1. The van der Waals surface area contributed by atoms with Crippen molar-refractivity contribution in [2.75, 3.05) is 19.8 Å². The van der Waals surface area contributed by atoms with E-state index in [4.69, 9.17) is 14.2 Å². The number of para-hydroxylation sites is 2. The lowest BCUT2D eigenvalue weighted by atomic mass is 10.0. The SMILES string of the molecule is CCOc1ccccc1OCC(=O)OCC(=O)NC(C)CCCC(C)C. The summed E-state index contributed by atoms with van der Waals surface area (Å²) in [6.07, 6.45) is 3.11. The van der Waals surface area contributed by atoms with Gasteiger partial charge in [-0.3, -0.25) is 4.79 Å². The van der Waals surface area contributed by atoms with E-state index in [2.05, 4.69) is 19.2 Å². The second-order valence-electron chi connectivity index (χ2n) is 6.62. The molecule has 1 N–H and O–H groups in total. The summed E-state index contributed by atoms with van der Waals surface area (Å²) >= 11 is 0. The van der Waals surface area contributed by atoms with Gasteiger partial charge in [-0.05, 0) is 38.3 Å². The summed E-state index contributed by atoms with van der Waals surface area (Å²) in [4.78, 5) is 23.6. The Balaban J connectivity index is 2.26. The standard InChI is InChI=1S/C20H31NO5/c1-5-24-17-11-6-7-12-18(17)25-14-20(23)26-13-19(22)21-16(4)10-8-9-15(2)3/h6-7,11-12,15-16H,5,8-10,13-14H2,1-4H3,(H,21,22). The third-order valence-electron chi connectivity index (χ3n) is 3.68. The lowest BCUT2D eigenvalue weighted by molar-refractivity contribution is -0.150. The van der Waals surface area contributed by atoms with Crippen molar-refractivity contribution in [1.82, 2.24) is 5.32 Å². The van der Waals surface area contributed by atoms with Crippen molar-refractivity contribution in [1.29, 1.82) is 0 Å². The number of carbonyl (C=O) groups is 2. The van der Waals surface area contributed by atoms with Crippen LogP contribution >= 0.6 is 0 Å². The minimum atomic E-state index is -0.598. The number of amides is 1. The molecular formula is C20H31NO5. The number of esters is 1. The Kier molecular flexibility index (Phi) is 10.2. The van der Waals surface area contributed by atoms with Crippen LogP contribution in [0.15, 0.2) is 24.3 Å². The van der Waals surface area contributed by atoms with Gasteiger partial charge in [0.25, 0.3) is 5.91 Å².